The highest BCUT2D eigenvalue weighted by molar-refractivity contribution is 9.10. The van der Waals surface area contributed by atoms with Crippen molar-refractivity contribution in [2.24, 2.45) is 0 Å². The van der Waals surface area contributed by atoms with Crippen molar-refractivity contribution in [2.45, 2.75) is 0 Å². The molecule has 0 aliphatic carbocycles. The van der Waals surface area contributed by atoms with Crippen molar-refractivity contribution >= 4 is 27.9 Å². The molecule has 1 aromatic rings. The van der Waals surface area contributed by atoms with Crippen LogP contribution in [0.4, 0.5) is 4.79 Å². The minimum atomic E-state index is -0.350. The van der Waals surface area contributed by atoms with Gasteiger partial charge in [0.15, 0.2) is 0 Å². The molecule has 0 aromatic carbocycles. The lowest BCUT2D eigenvalue weighted by Gasteiger charge is -2.33. The van der Waals surface area contributed by atoms with Crippen LogP contribution < -0.4 is 0 Å². The van der Waals surface area contributed by atoms with Crippen molar-refractivity contribution in [1.82, 2.24) is 14.8 Å². The Balaban J connectivity index is 1.96. The van der Waals surface area contributed by atoms with Crippen LogP contribution >= 0.6 is 15.9 Å². The third-order valence-corrected chi connectivity index (χ3v) is 3.44. The van der Waals surface area contributed by atoms with E-state index >= 15 is 0 Å². The largest absolute Gasteiger partial charge is 0.453 e. The first kappa shape index (κ1) is 13.8. The van der Waals surface area contributed by atoms with Crippen LogP contribution in [0.2, 0.25) is 0 Å². The Kier molecular flexibility index (Phi) is 4.36. The summed E-state index contributed by atoms with van der Waals surface area (Å²) in [5.41, 5.74) is 0.551. The lowest BCUT2D eigenvalue weighted by Crippen LogP contribution is -2.50. The standard InChI is InChI=1S/C12H14BrN3O3/c1-19-12(18)16-6-4-15(5-7-16)11(17)9-2-3-10(13)14-8-9/h2-3,8H,4-7H2,1H3. The first-order valence-corrected chi connectivity index (χ1v) is 6.65. The first-order valence-electron chi connectivity index (χ1n) is 5.85. The molecule has 0 N–H and O–H groups in total. The Morgan fingerprint density at radius 2 is 1.84 bits per heavy atom. The maximum Gasteiger partial charge on any atom is 0.409 e. The quantitative estimate of drug-likeness (QED) is 0.731. The average Bonchev–Trinajstić information content (AvgIpc) is 2.46. The molecule has 0 radical (unpaired) electrons. The number of carbonyl (C=O) groups excluding carboxylic acids is 2. The van der Waals surface area contributed by atoms with Crippen molar-refractivity contribution in [3.8, 4) is 0 Å². The summed E-state index contributed by atoms with van der Waals surface area (Å²) in [5, 5.41) is 0. The van der Waals surface area contributed by atoms with Gasteiger partial charge in [0.2, 0.25) is 0 Å². The SMILES string of the molecule is COC(=O)N1CCN(C(=O)c2ccc(Br)nc2)CC1. The number of methoxy groups -OCH3 is 1. The van der Waals surface area contributed by atoms with Crippen molar-refractivity contribution in [2.75, 3.05) is 33.3 Å². The van der Waals surface area contributed by atoms with Crippen LogP contribution in [-0.2, 0) is 4.74 Å². The molecule has 1 aromatic heterocycles. The van der Waals surface area contributed by atoms with Crippen LogP contribution in [0.15, 0.2) is 22.9 Å². The molecule has 2 heterocycles. The van der Waals surface area contributed by atoms with Crippen LogP contribution in [0.5, 0.6) is 0 Å². The summed E-state index contributed by atoms with van der Waals surface area (Å²) in [6.07, 6.45) is 1.19. The molecular formula is C12H14BrN3O3. The number of pyridine rings is 1. The second-order valence-electron chi connectivity index (χ2n) is 4.12. The fourth-order valence-electron chi connectivity index (χ4n) is 1.91. The maximum atomic E-state index is 12.2. The van der Waals surface area contributed by atoms with Crippen LogP contribution in [-0.4, -0.2) is 60.1 Å². The maximum absolute atomic E-state index is 12.2. The molecule has 0 bridgehead atoms. The zero-order chi connectivity index (χ0) is 13.8. The third-order valence-electron chi connectivity index (χ3n) is 2.97. The lowest BCUT2D eigenvalue weighted by atomic mass is 10.2. The van der Waals surface area contributed by atoms with Gasteiger partial charge in [-0.2, -0.15) is 0 Å². The summed E-state index contributed by atoms with van der Waals surface area (Å²) in [6, 6.07) is 3.46. The average molecular weight is 328 g/mol. The second kappa shape index (κ2) is 6.01. The molecule has 1 aliphatic heterocycles. The summed E-state index contributed by atoms with van der Waals surface area (Å²) in [7, 11) is 1.35. The van der Waals surface area contributed by atoms with Crippen LogP contribution in [0.3, 0.4) is 0 Å². The Morgan fingerprint density at radius 3 is 2.37 bits per heavy atom. The topological polar surface area (TPSA) is 62.7 Å². The number of rotatable bonds is 1. The van der Waals surface area contributed by atoms with Gasteiger partial charge in [-0.15, -0.1) is 0 Å². The Labute approximate surface area is 119 Å². The third kappa shape index (κ3) is 3.23. The number of amides is 2. The number of halogens is 1. The minimum Gasteiger partial charge on any atom is -0.453 e. The molecule has 2 amide bonds. The van der Waals surface area contributed by atoms with Crippen LogP contribution in [0.1, 0.15) is 10.4 Å². The van der Waals surface area contributed by atoms with Crippen molar-refractivity contribution in [3.05, 3.63) is 28.5 Å². The Hall–Kier alpha value is -1.63. The molecule has 1 saturated heterocycles. The van der Waals surface area contributed by atoms with Gasteiger partial charge >= 0.3 is 6.09 Å². The fraction of sp³-hybridized carbons (Fsp3) is 0.417. The van der Waals surface area contributed by atoms with Crippen LogP contribution in [0.25, 0.3) is 0 Å². The second-order valence-corrected chi connectivity index (χ2v) is 4.93. The van der Waals surface area contributed by atoms with Gasteiger partial charge in [-0.1, -0.05) is 0 Å². The predicted molar refractivity (Wildman–Crippen MR) is 71.8 cm³/mol. The summed E-state index contributed by atoms with van der Waals surface area (Å²) < 4.78 is 5.35. The van der Waals surface area contributed by atoms with E-state index in [4.69, 9.17) is 0 Å². The normalized spacial score (nSPS) is 15.3. The Morgan fingerprint density at radius 1 is 1.21 bits per heavy atom. The fourth-order valence-corrected chi connectivity index (χ4v) is 2.14. The summed E-state index contributed by atoms with van der Waals surface area (Å²) in [4.78, 5) is 30.9. The van der Waals surface area contributed by atoms with Gasteiger partial charge in [0, 0.05) is 32.4 Å². The molecule has 7 heteroatoms. The number of hydrogen-bond donors (Lipinski definition) is 0. The number of hydrogen-bond acceptors (Lipinski definition) is 4. The molecule has 19 heavy (non-hydrogen) atoms. The molecule has 0 spiro atoms. The molecule has 0 saturated carbocycles. The zero-order valence-corrected chi connectivity index (χ0v) is 12.1. The molecule has 0 unspecified atom stereocenters. The Bertz CT molecular complexity index is 470. The molecule has 1 aliphatic rings. The van der Waals surface area contributed by atoms with Gasteiger partial charge in [-0.05, 0) is 28.1 Å². The van der Waals surface area contributed by atoms with E-state index in [1.54, 1.807) is 28.1 Å². The summed E-state index contributed by atoms with van der Waals surface area (Å²) in [5.74, 6) is -0.0653. The van der Waals surface area contributed by atoms with Gasteiger partial charge in [-0.25, -0.2) is 9.78 Å². The van der Waals surface area contributed by atoms with Crippen molar-refractivity contribution in [1.29, 1.82) is 0 Å². The number of carbonyl (C=O) groups is 2. The lowest BCUT2D eigenvalue weighted by molar-refractivity contribution is 0.0599. The number of aromatic nitrogens is 1. The van der Waals surface area contributed by atoms with Gasteiger partial charge in [-0.3, -0.25) is 4.79 Å². The first-order chi connectivity index (χ1) is 9.11. The van der Waals surface area contributed by atoms with E-state index in [-0.39, 0.29) is 12.0 Å². The van der Waals surface area contributed by atoms with E-state index in [0.717, 1.165) is 0 Å². The highest BCUT2D eigenvalue weighted by Gasteiger charge is 2.25. The summed E-state index contributed by atoms with van der Waals surface area (Å²) >= 11 is 3.23. The number of nitrogens with zero attached hydrogens (tertiary/aromatic N) is 3. The molecule has 2 rings (SSSR count). The van der Waals surface area contributed by atoms with E-state index in [2.05, 4.69) is 25.7 Å². The highest BCUT2D eigenvalue weighted by atomic mass is 79.9. The number of ether oxygens (including phenoxy) is 1. The van der Waals surface area contributed by atoms with E-state index in [1.165, 1.54) is 7.11 Å². The van der Waals surface area contributed by atoms with Crippen molar-refractivity contribution in [3.63, 3.8) is 0 Å². The summed E-state index contributed by atoms with van der Waals surface area (Å²) in [6.45, 7) is 1.98. The minimum absolute atomic E-state index is 0.0653. The monoisotopic (exact) mass is 327 g/mol. The van der Waals surface area contributed by atoms with E-state index < -0.39 is 0 Å². The molecule has 102 valence electrons. The van der Waals surface area contributed by atoms with E-state index in [1.807, 2.05) is 0 Å². The highest BCUT2D eigenvalue weighted by Crippen LogP contribution is 2.11. The zero-order valence-electron chi connectivity index (χ0n) is 10.5. The van der Waals surface area contributed by atoms with Gasteiger partial charge < -0.3 is 14.5 Å². The van der Waals surface area contributed by atoms with Gasteiger partial charge in [0.1, 0.15) is 4.60 Å². The van der Waals surface area contributed by atoms with Gasteiger partial charge in [0.25, 0.3) is 5.91 Å². The predicted octanol–water partition coefficient (Wildman–Crippen LogP) is 1.37. The van der Waals surface area contributed by atoms with E-state index in [0.29, 0.717) is 36.3 Å². The van der Waals surface area contributed by atoms with Gasteiger partial charge in [0.05, 0.1) is 12.7 Å². The van der Waals surface area contributed by atoms with Crippen molar-refractivity contribution < 1.29 is 14.3 Å². The van der Waals surface area contributed by atoms with E-state index in [9.17, 15) is 9.59 Å². The molecule has 1 fully saturated rings. The molecular weight excluding hydrogens is 314 g/mol. The molecule has 6 nitrogen and oxygen atoms in total. The number of piperazine rings is 1. The molecule has 0 atom stereocenters. The smallest absolute Gasteiger partial charge is 0.409 e. The van der Waals surface area contributed by atoms with Crippen LogP contribution in [0, 0.1) is 0 Å².